The van der Waals surface area contributed by atoms with E-state index in [1.807, 2.05) is 0 Å². The van der Waals surface area contributed by atoms with Gasteiger partial charge in [0.1, 0.15) is 22.6 Å². The van der Waals surface area contributed by atoms with Crippen LogP contribution >= 0.6 is 38.5 Å². The second-order valence-corrected chi connectivity index (χ2v) is 5.97. The maximum Gasteiger partial charge on any atom is 0.268 e. The van der Waals surface area contributed by atoms with Crippen molar-refractivity contribution < 1.29 is 14.6 Å². The van der Waals surface area contributed by atoms with E-state index in [1.54, 1.807) is 34.7 Å². The molecule has 20 heavy (non-hydrogen) atoms. The molecule has 104 valence electrons. The summed E-state index contributed by atoms with van der Waals surface area (Å²) in [5.74, 6) is 1.17. The van der Waals surface area contributed by atoms with Crippen molar-refractivity contribution in [1.29, 1.82) is 0 Å². The van der Waals surface area contributed by atoms with Crippen molar-refractivity contribution in [3.63, 3.8) is 0 Å². The zero-order valence-corrected chi connectivity index (χ0v) is 13.7. The Morgan fingerprint density at radius 2 is 2.10 bits per heavy atom. The number of rotatable bonds is 1. The van der Waals surface area contributed by atoms with Gasteiger partial charge in [-0.25, -0.2) is 0 Å². The van der Waals surface area contributed by atoms with Crippen LogP contribution in [-0.4, -0.2) is 28.3 Å². The zero-order chi connectivity index (χ0) is 14.3. The van der Waals surface area contributed by atoms with Crippen LogP contribution in [-0.2, 0) is 0 Å². The van der Waals surface area contributed by atoms with Gasteiger partial charge in [0.15, 0.2) is 11.5 Å². The van der Waals surface area contributed by atoms with Crippen LogP contribution in [0.15, 0.2) is 21.4 Å². The number of H-pyrrole nitrogens is 1. The number of ether oxygens (including phenoxy) is 2. The van der Waals surface area contributed by atoms with Gasteiger partial charge in [-0.2, -0.15) is 4.98 Å². The Hall–Kier alpha value is -1.29. The van der Waals surface area contributed by atoms with E-state index in [2.05, 4.69) is 25.9 Å². The van der Waals surface area contributed by atoms with Crippen molar-refractivity contribution in [2.45, 2.75) is 0 Å². The number of aromatic nitrogens is 2. The number of fused-ring (bicyclic) bond motifs is 1. The quantitative estimate of drug-likeness (QED) is 0.651. The molecule has 1 aromatic heterocycles. The number of halogens is 2. The smallest absolute Gasteiger partial charge is 0.268 e. The van der Waals surface area contributed by atoms with Crippen molar-refractivity contribution in [3.05, 3.63) is 30.5 Å². The summed E-state index contributed by atoms with van der Waals surface area (Å²) in [5.41, 5.74) is 0.226. The second kappa shape index (κ2) is 5.24. The normalized spacial score (nSPS) is 13.3. The van der Waals surface area contributed by atoms with E-state index in [0.29, 0.717) is 34.7 Å². The lowest BCUT2D eigenvalue weighted by atomic mass is 10.2. The maximum absolute atomic E-state index is 11.7. The molecule has 0 saturated heterocycles. The summed E-state index contributed by atoms with van der Waals surface area (Å²) in [6, 6.07) is 3.46. The fraction of sp³-hybridized carbons (Fsp3) is 0.167. The minimum atomic E-state index is -0.390. The standard InChI is InChI=1S/C12H8BrIN2O4/c13-6-3-5(4-7-9(6)20-2-1-19-7)10-15-11(17)8(14)12(18)16-10/h3-4H,1-2H2,(H2,15,16,17,18). The van der Waals surface area contributed by atoms with Crippen LogP contribution in [0.25, 0.3) is 11.4 Å². The lowest BCUT2D eigenvalue weighted by Crippen LogP contribution is -2.16. The van der Waals surface area contributed by atoms with Crippen LogP contribution in [0.5, 0.6) is 17.4 Å². The lowest BCUT2D eigenvalue weighted by Gasteiger charge is -2.20. The maximum atomic E-state index is 11.7. The molecule has 2 N–H and O–H groups in total. The Balaban J connectivity index is 2.16. The molecule has 0 spiro atoms. The summed E-state index contributed by atoms with van der Waals surface area (Å²) >= 11 is 5.13. The molecule has 0 fully saturated rings. The number of nitrogens with zero attached hydrogens (tertiary/aromatic N) is 1. The number of nitrogens with one attached hydrogen (secondary N) is 1. The molecule has 1 aromatic carbocycles. The summed E-state index contributed by atoms with van der Waals surface area (Å²) < 4.78 is 11.9. The van der Waals surface area contributed by atoms with E-state index in [9.17, 15) is 9.90 Å². The van der Waals surface area contributed by atoms with E-state index in [4.69, 9.17) is 9.47 Å². The van der Waals surface area contributed by atoms with Gasteiger partial charge < -0.3 is 19.6 Å². The second-order valence-electron chi connectivity index (χ2n) is 4.03. The Morgan fingerprint density at radius 1 is 1.35 bits per heavy atom. The van der Waals surface area contributed by atoms with E-state index in [1.165, 1.54) is 0 Å². The molecule has 1 aliphatic heterocycles. The highest BCUT2D eigenvalue weighted by atomic mass is 127. The monoisotopic (exact) mass is 450 g/mol. The Kier molecular flexibility index (Phi) is 3.59. The van der Waals surface area contributed by atoms with Gasteiger partial charge >= 0.3 is 0 Å². The average Bonchev–Trinajstić information content (AvgIpc) is 2.44. The number of hydrogen-bond donors (Lipinski definition) is 2. The van der Waals surface area contributed by atoms with Gasteiger partial charge in [0.25, 0.3) is 5.56 Å². The van der Waals surface area contributed by atoms with Gasteiger partial charge in [0.2, 0.25) is 5.88 Å². The molecule has 0 aliphatic carbocycles. The molecule has 0 radical (unpaired) electrons. The molecule has 0 bridgehead atoms. The summed E-state index contributed by atoms with van der Waals surface area (Å²) in [6.07, 6.45) is 0. The van der Waals surface area contributed by atoms with Gasteiger partial charge in [-0.3, -0.25) is 4.79 Å². The summed E-state index contributed by atoms with van der Waals surface area (Å²) in [7, 11) is 0. The molecule has 0 amide bonds. The third-order valence-electron chi connectivity index (χ3n) is 2.72. The first-order chi connectivity index (χ1) is 9.56. The molecule has 2 heterocycles. The molecule has 0 atom stereocenters. The number of hydrogen-bond acceptors (Lipinski definition) is 5. The van der Waals surface area contributed by atoms with Crippen LogP contribution < -0.4 is 15.0 Å². The third kappa shape index (κ3) is 2.37. The van der Waals surface area contributed by atoms with Gasteiger partial charge in [0.05, 0.1) is 4.47 Å². The van der Waals surface area contributed by atoms with Crippen LogP contribution in [0.4, 0.5) is 0 Å². The number of benzene rings is 1. The summed E-state index contributed by atoms with van der Waals surface area (Å²) in [4.78, 5) is 18.3. The predicted octanol–water partition coefficient (Wildman–Crippen LogP) is 2.28. The van der Waals surface area contributed by atoms with Crippen LogP contribution in [0.2, 0.25) is 0 Å². The lowest BCUT2D eigenvalue weighted by molar-refractivity contribution is 0.170. The molecular weight excluding hydrogens is 443 g/mol. The van der Waals surface area contributed by atoms with Crippen molar-refractivity contribution in [1.82, 2.24) is 9.97 Å². The summed E-state index contributed by atoms with van der Waals surface area (Å²) in [6.45, 7) is 0.954. The molecule has 0 saturated carbocycles. The topological polar surface area (TPSA) is 84.4 Å². The fourth-order valence-corrected chi connectivity index (χ4v) is 2.64. The first-order valence-electron chi connectivity index (χ1n) is 5.64. The van der Waals surface area contributed by atoms with Gasteiger partial charge in [-0.15, -0.1) is 0 Å². The first-order valence-corrected chi connectivity index (χ1v) is 7.51. The Morgan fingerprint density at radius 3 is 2.85 bits per heavy atom. The minimum absolute atomic E-state index is 0.156. The molecule has 6 nitrogen and oxygen atoms in total. The zero-order valence-electron chi connectivity index (χ0n) is 9.94. The van der Waals surface area contributed by atoms with E-state index < -0.39 is 0 Å². The SMILES string of the molecule is O=c1[nH]c(-c2cc(Br)c3c(c2)OCCO3)nc(O)c1I. The average molecular weight is 451 g/mol. The molecule has 2 aromatic rings. The summed E-state index contributed by atoms with van der Waals surface area (Å²) in [5, 5.41) is 9.64. The molecular formula is C12H8BrIN2O4. The Bertz CT molecular complexity index is 747. The minimum Gasteiger partial charge on any atom is -0.492 e. The highest BCUT2D eigenvalue weighted by Crippen LogP contribution is 2.40. The van der Waals surface area contributed by atoms with Crippen molar-refractivity contribution in [2.75, 3.05) is 13.2 Å². The number of aromatic amines is 1. The van der Waals surface area contributed by atoms with Crippen molar-refractivity contribution >= 4 is 38.5 Å². The van der Waals surface area contributed by atoms with Crippen molar-refractivity contribution in [2.24, 2.45) is 0 Å². The highest BCUT2D eigenvalue weighted by molar-refractivity contribution is 14.1. The molecule has 8 heteroatoms. The van der Waals surface area contributed by atoms with E-state index >= 15 is 0 Å². The first kappa shape index (κ1) is 13.7. The largest absolute Gasteiger partial charge is 0.492 e. The van der Waals surface area contributed by atoms with Crippen LogP contribution in [0.3, 0.4) is 0 Å². The predicted molar refractivity (Wildman–Crippen MR) is 83.4 cm³/mol. The van der Waals surface area contributed by atoms with Gasteiger partial charge in [-0.1, -0.05) is 0 Å². The van der Waals surface area contributed by atoms with Crippen LogP contribution in [0, 0.1) is 3.57 Å². The molecule has 0 unspecified atom stereocenters. The van der Waals surface area contributed by atoms with Gasteiger partial charge in [0, 0.05) is 5.56 Å². The molecule has 3 rings (SSSR count). The Labute approximate surface area is 135 Å². The number of aromatic hydroxyl groups is 1. The van der Waals surface area contributed by atoms with E-state index in [-0.39, 0.29) is 20.8 Å². The molecule has 1 aliphatic rings. The third-order valence-corrected chi connectivity index (χ3v) is 4.28. The van der Waals surface area contributed by atoms with E-state index in [0.717, 1.165) is 0 Å². The van der Waals surface area contributed by atoms with Gasteiger partial charge in [-0.05, 0) is 50.7 Å². The van der Waals surface area contributed by atoms with Crippen LogP contribution in [0.1, 0.15) is 0 Å². The van der Waals surface area contributed by atoms with Crippen molar-refractivity contribution in [3.8, 4) is 28.8 Å². The fourth-order valence-electron chi connectivity index (χ4n) is 1.83. The highest BCUT2D eigenvalue weighted by Gasteiger charge is 2.18.